The zero-order chi connectivity index (χ0) is 11.7. The molecule has 1 fully saturated rings. The van der Waals surface area contributed by atoms with Crippen LogP contribution in [0, 0.1) is 12.8 Å². The Morgan fingerprint density at radius 1 is 1.50 bits per heavy atom. The number of carboxylic acids is 1. The molecule has 0 bridgehead atoms. The molecule has 1 aromatic carbocycles. The van der Waals surface area contributed by atoms with Gasteiger partial charge in [-0.15, -0.1) is 0 Å². The van der Waals surface area contributed by atoms with E-state index in [0.29, 0.717) is 18.1 Å². The first kappa shape index (κ1) is 11.4. The monoisotopic (exact) mass is 239 g/mol. The Labute approximate surface area is 99.4 Å². The van der Waals surface area contributed by atoms with Crippen molar-refractivity contribution >= 4 is 17.6 Å². The quantitative estimate of drug-likeness (QED) is 0.830. The second-order valence-corrected chi connectivity index (χ2v) is 4.64. The van der Waals surface area contributed by atoms with Crippen LogP contribution >= 0.6 is 11.6 Å². The molecule has 1 heterocycles. The van der Waals surface area contributed by atoms with E-state index in [9.17, 15) is 4.79 Å². The van der Waals surface area contributed by atoms with Crippen LogP contribution in [-0.4, -0.2) is 24.2 Å². The number of hydrogen-bond donors (Lipinski definition) is 2. The summed E-state index contributed by atoms with van der Waals surface area (Å²) in [4.78, 5) is 11.1. The maximum Gasteiger partial charge on any atom is 0.308 e. The van der Waals surface area contributed by atoms with Gasteiger partial charge in [-0.1, -0.05) is 23.7 Å². The second-order valence-electron chi connectivity index (χ2n) is 4.23. The number of rotatable bonds is 2. The van der Waals surface area contributed by atoms with E-state index in [1.54, 1.807) is 0 Å². The molecule has 1 aromatic rings. The maximum atomic E-state index is 11.1. The SMILES string of the molecule is Cc1ccc([C@H]2CNC[C@H]2C(=O)O)c(Cl)c1. The summed E-state index contributed by atoms with van der Waals surface area (Å²) in [5, 5.41) is 12.9. The van der Waals surface area contributed by atoms with Crippen molar-refractivity contribution in [2.45, 2.75) is 12.8 Å². The van der Waals surface area contributed by atoms with Crippen molar-refractivity contribution in [3.8, 4) is 0 Å². The molecule has 0 saturated carbocycles. The van der Waals surface area contributed by atoms with E-state index in [0.717, 1.165) is 11.1 Å². The zero-order valence-electron chi connectivity index (χ0n) is 9.03. The minimum Gasteiger partial charge on any atom is -0.481 e. The molecule has 0 aliphatic carbocycles. The first-order valence-corrected chi connectivity index (χ1v) is 5.67. The minimum atomic E-state index is -0.758. The number of carbonyl (C=O) groups is 1. The van der Waals surface area contributed by atoms with Gasteiger partial charge in [0, 0.05) is 24.0 Å². The summed E-state index contributed by atoms with van der Waals surface area (Å²) in [6, 6.07) is 5.79. The van der Waals surface area contributed by atoms with Gasteiger partial charge in [0.1, 0.15) is 0 Å². The number of aryl methyl sites for hydroxylation is 1. The number of hydrogen-bond acceptors (Lipinski definition) is 2. The van der Waals surface area contributed by atoms with E-state index in [1.165, 1.54) is 0 Å². The summed E-state index contributed by atoms with van der Waals surface area (Å²) >= 11 is 6.16. The van der Waals surface area contributed by atoms with Crippen LogP contribution < -0.4 is 5.32 Å². The van der Waals surface area contributed by atoms with Gasteiger partial charge in [0.05, 0.1) is 5.92 Å². The van der Waals surface area contributed by atoms with Crippen LogP contribution in [-0.2, 0) is 4.79 Å². The second kappa shape index (κ2) is 4.44. The molecule has 2 N–H and O–H groups in total. The highest BCUT2D eigenvalue weighted by atomic mass is 35.5. The van der Waals surface area contributed by atoms with Gasteiger partial charge >= 0.3 is 5.97 Å². The van der Waals surface area contributed by atoms with Gasteiger partial charge < -0.3 is 10.4 Å². The molecule has 2 atom stereocenters. The largest absolute Gasteiger partial charge is 0.481 e. The molecule has 0 radical (unpaired) electrons. The fraction of sp³-hybridized carbons (Fsp3) is 0.417. The normalized spacial score (nSPS) is 24.6. The molecular weight excluding hydrogens is 226 g/mol. The molecule has 0 unspecified atom stereocenters. The average Bonchev–Trinajstić information content (AvgIpc) is 2.66. The molecule has 0 spiro atoms. The minimum absolute atomic E-state index is 0.0226. The van der Waals surface area contributed by atoms with Gasteiger partial charge in [-0.05, 0) is 24.1 Å². The predicted octanol–water partition coefficient (Wildman–Crippen LogP) is 2.04. The zero-order valence-corrected chi connectivity index (χ0v) is 9.79. The molecule has 0 amide bonds. The lowest BCUT2D eigenvalue weighted by molar-refractivity contribution is -0.141. The van der Waals surface area contributed by atoms with Crippen molar-refractivity contribution in [2.24, 2.45) is 5.92 Å². The highest BCUT2D eigenvalue weighted by Gasteiger charge is 2.34. The van der Waals surface area contributed by atoms with Crippen LogP contribution in [0.15, 0.2) is 18.2 Å². The fourth-order valence-electron chi connectivity index (χ4n) is 2.20. The summed E-state index contributed by atoms with van der Waals surface area (Å²) in [6.07, 6.45) is 0. The summed E-state index contributed by atoms with van der Waals surface area (Å²) in [5.41, 5.74) is 2.02. The fourth-order valence-corrected chi connectivity index (χ4v) is 2.57. The van der Waals surface area contributed by atoms with E-state index in [1.807, 2.05) is 25.1 Å². The van der Waals surface area contributed by atoms with Crippen molar-refractivity contribution in [1.82, 2.24) is 5.32 Å². The molecule has 0 aromatic heterocycles. The Bertz CT molecular complexity index is 419. The van der Waals surface area contributed by atoms with E-state index in [4.69, 9.17) is 16.7 Å². The summed E-state index contributed by atoms with van der Waals surface area (Å²) in [6.45, 7) is 3.17. The molecule has 86 valence electrons. The van der Waals surface area contributed by atoms with Gasteiger partial charge in [-0.25, -0.2) is 0 Å². The van der Waals surface area contributed by atoms with Crippen LogP contribution in [0.3, 0.4) is 0 Å². The molecule has 3 nitrogen and oxygen atoms in total. The Balaban J connectivity index is 2.32. The molecule has 2 rings (SSSR count). The van der Waals surface area contributed by atoms with E-state index < -0.39 is 5.97 Å². The summed E-state index contributed by atoms with van der Waals surface area (Å²) < 4.78 is 0. The van der Waals surface area contributed by atoms with Crippen LogP contribution in [0.2, 0.25) is 5.02 Å². The van der Waals surface area contributed by atoms with Crippen molar-refractivity contribution < 1.29 is 9.90 Å². The highest BCUT2D eigenvalue weighted by molar-refractivity contribution is 6.31. The molecule has 16 heavy (non-hydrogen) atoms. The molecule has 1 saturated heterocycles. The lowest BCUT2D eigenvalue weighted by atomic mass is 9.88. The van der Waals surface area contributed by atoms with Crippen LogP contribution in [0.25, 0.3) is 0 Å². The topological polar surface area (TPSA) is 49.3 Å². The Morgan fingerprint density at radius 2 is 2.25 bits per heavy atom. The summed E-state index contributed by atoms with van der Waals surface area (Å²) in [7, 11) is 0. The lowest BCUT2D eigenvalue weighted by Gasteiger charge is -2.16. The van der Waals surface area contributed by atoms with Gasteiger partial charge in [0.25, 0.3) is 0 Å². The molecule has 1 aliphatic heterocycles. The van der Waals surface area contributed by atoms with Gasteiger partial charge in [0.15, 0.2) is 0 Å². The van der Waals surface area contributed by atoms with E-state index >= 15 is 0 Å². The standard InChI is InChI=1S/C12H14ClNO2/c1-7-2-3-8(11(13)4-7)9-5-14-6-10(9)12(15)16/h2-4,9-10,14H,5-6H2,1H3,(H,15,16)/t9-,10-/m1/s1. The molecule has 4 heteroatoms. The van der Waals surface area contributed by atoms with E-state index in [2.05, 4.69) is 5.32 Å². The first-order valence-electron chi connectivity index (χ1n) is 5.29. The highest BCUT2D eigenvalue weighted by Crippen LogP contribution is 2.33. The lowest BCUT2D eigenvalue weighted by Crippen LogP contribution is -2.21. The van der Waals surface area contributed by atoms with Crippen LogP contribution in [0.1, 0.15) is 17.0 Å². The van der Waals surface area contributed by atoms with Crippen molar-refractivity contribution in [2.75, 3.05) is 13.1 Å². The Morgan fingerprint density at radius 3 is 2.88 bits per heavy atom. The van der Waals surface area contributed by atoms with Gasteiger partial charge in [-0.2, -0.15) is 0 Å². The number of carboxylic acid groups (broad SMARTS) is 1. The smallest absolute Gasteiger partial charge is 0.308 e. The van der Waals surface area contributed by atoms with Gasteiger partial charge in [-0.3, -0.25) is 4.79 Å². The maximum absolute atomic E-state index is 11.1. The third-order valence-corrected chi connectivity index (χ3v) is 3.41. The third-order valence-electron chi connectivity index (χ3n) is 3.09. The number of nitrogens with one attached hydrogen (secondary N) is 1. The molecule has 1 aliphatic rings. The van der Waals surface area contributed by atoms with Crippen LogP contribution in [0.4, 0.5) is 0 Å². The Hall–Kier alpha value is -1.06. The Kier molecular flexibility index (Phi) is 3.17. The van der Waals surface area contributed by atoms with E-state index in [-0.39, 0.29) is 11.8 Å². The summed E-state index contributed by atoms with van der Waals surface area (Å²) in [5.74, 6) is -1.16. The van der Waals surface area contributed by atoms with Crippen molar-refractivity contribution in [1.29, 1.82) is 0 Å². The van der Waals surface area contributed by atoms with Crippen molar-refractivity contribution in [3.05, 3.63) is 34.3 Å². The average molecular weight is 240 g/mol. The number of halogens is 1. The number of benzene rings is 1. The molecular formula is C12H14ClNO2. The third kappa shape index (κ3) is 2.06. The predicted molar refractivity (Wildman–Crippen MR) is 62.9 cm³/mol. The number of aliphatic carboxylic acids is 1. The first-order chi connectivity index (χ1) is 7.59. The van der Waals surface area contributed by atoms with Crippen LogP contribution in [0.5, 0.6) is 0 Å². The van der Waals surface area contributed by atoms with Gasteiger partial charge in [0.2, 0.25) is 0 Å². The van der Waals surface area contributed by atoms with Crippen molar-refractivity contribution in [3.63, 3.8) is 0 Å².